The molecule has 2 aliphatic rings. The van der Waals surface area contributed by atoms with E-state index >= 15 is 0 Å². The van der Waals surface area contributed by atoms with Crippen molar-refractivity contribution in [3.8, 4) is 18.2 Å². The van der Waals surface area contributed by atoms with Crippen molar-refractivity contribution >= 4 is 17.0 Å². The predicted molar refractivity (Wildman–Crippen MR) is 95.0 cm³/mol. The van der Waals surface area contributed by atoms with E-state index in [2.05, 4.69) is 31.2 Å². The Balaban J connectivity index is 2.18. The number of thiophene rings is 1. The summed E-state index contributed by atoms with van der Waals surface area (Å²) in [6, 6.07) is 10.3. The summed E-state index contributed by atoms with van der Waals surface area (Å²) in [5.41, 5.74) is -0.686. The van der Waals surface area contributed by atoms with Crippen molar-refractivity contribution in [1.82, 2.24) is 0 Å². The Hall–Kier alpha value is -2.46. The third-order valence-corrected chi connectivity index (χ3v) is 6.37. The Bertz CT molecular complexity index is 803. The second-order valence-electron chi connectivity index (χ2n) is 6.72. The van der Waals surface area contributed by atoms with Crippen LogP contribution in [0.1, 0.15) is 24.1 Å². The summed E-state index contributed by atoms with van der Waals surface area (Å²) in [6.45, 7) is 4.82. The van der Waals surface area contributed by atoms with E-state index in [0.717, 1.165) is 36.5 Å². The lowest BCUT2D eigenvalue weighted by Gasteiger charge is -2.45. The zero-order valence-corrected chi connectivity index (χ0v) is 14.9. The molecule has 2 heterocycles. The molecule has 25 heavy (non-hydrogen) atoms. The number of nitrogens with zero attached hydrogens (tertiary/aromatic N) is 3. The van der Waals surface area contributed by atoms with Gasteiger partial charge in [-0.25, -0.2) is 0 Å². The number of fused-ring (bicyclic) bond motifs is 1. The van der Waals surface area contributed by atoms with Gasteiger partial charge in [0.1, 0.15) is 5.92 Å². The normalized spacial score (nSPS) is 30.3. The Morgan fingerprint density at radius 2 is 2.12 bits per heavy atom. The Labute approximate surface area is 151 Å². The highest BCUT2D eigenvalue weighted by Crippen LogP contribution is 2.53. The lowest BCUT2D eigenvalue weighted by molar-refractivity contribution is -0.899. The first-order valence-electron chi connectivity index (χ1n) is 8.50. The highest BCUT2D eigenvalue weighted by atomic mass is 32.1. The van der Waals surface area contributed by atoms with Gasteiger partial charge in [-0.3, -0.25) is 0 Å². The number of hydrogen-bond acceptors (Lipinski definition) is 5. The highest BCUT2D eigenvalue weighted by molar-refractivity contribution is 7.10. The molecule has 0 amide bonds. The summed E-state index contributed by atoms with van der Waals surface area (Å²) in [6.07, 6.45) is 3.15. The molecule has 2 unspecified atom stereocenters. The van der Waals surface area contributed by atoms with Gasteiger partial charge >= 0.3 is 0 Å². The Kier molecular flexibility index (Phi) is 4.73. The molecule has 5 nitrogen and oxygen atoms in total. The molecule has 0 bridgehead atoms. The molecule has 6 heteroatoms. The molecule has 1 fully saturated rings. The van der Waals surface area contributed by atoms with E-state index in [1.165, 1.54) is 16.2 Å². The smallest absolute Gasteiger partial charge is 0.190 e. The van der Waals surface area contributed by atoms with E-state index in [-0.39, 0.29) is 17.5 Å². The predicted octanol–water partition coefficient (Wildman–Crippen LogP) is 1.89. The standard InChI is InChI=1S/C19H19N5S/c1-2-6-24-7-5-13-14(9-20)18(23)19(11-21,12-22)17(15(13)10-24)16-4-3-8-25-16/h3-5,8,14-15,17,23H,2,6-7,10H2,1H3/p+1/t14?,15-,17-/m1/s1. The van der Waals surface area contributed by atoms with Crippen LogP contribution in [0.25, 0.3) is 0 Å². The van der Waals surface area contributed by atoms with Gasteiger partial charge in [-0.05, 0) is 29.5 Å². The van der Waals surface area contributed by atoms with E-state index in [4.69, 9.17) is 5.41 Å². The average Bonchev–Trinajstić information content (AvgIpc) is 3.15. The molecule has 4 atom stereocenters. The zero-order chi connectivity index (χ0) is 18.0. The van der Waals surface area contributed by atoms with E-state index in [9.17, 15) is 15.8 Å². The summed E-state index contributed by atoms with van der Waals surface area (Å²) in [5, 5.41) is 39.9. The van der Waals surface area contributed by atoms with Crippen LogP contribution in [0.15, 0.2) is 29.2 Å². The van der Waals surface area contributed by atoms with Crippen LogP contribution in [0, 0.1) is 56.7 Å². The summed E-state index contributed by atoms with van der Waals surface area (Å²) in [4.78, 5) is 2.37. The number of hydrogen-bond donors (Lipinski definition) is 2. The molecule has 0 radical (unpaired) electrons. The molecule has 0 saturated heterocycles. The molecule has 2 N–H and O–H groups in total. The number of nitrogens with one attached hydrogen (secondary N) is 2. The van der Waals surface area contributed by atoms with E-state index in [1.54, 1.807) is 0 Å². The van der Waals surface area contributed by atoms with E-state index in [0.29, 0.717) is 0 Å². The van der Waals surface area contributed by atoms with Crippen molar-refractivity contribution in [2.24, 2.45) is 17.3 Å². The van der Waals surface area contributed by atoms with Crippen molar-refractivity contribution in [2.75, 3.05) is 19.6 Å². The minimum absolute atomic E-state index is 0.0491. The third-order valence-electron chi connectivity index (χ3n) is 5.41. The maximum atomic E-state index is 9.91. The minimum atomic E-state index is -1.57. The van der Waals surface area contributed by atoms with Gasteiger partial charge in [-0.2, -0.15) is 15.8 Å². The fourth-order valence-corrected chi connectivity index (χ4v) is 5.25. The molecule has 1 aromatic heterocycles. The number of nitriles is 3. The van der Waals surface area contributed by atoms with Crippen LogP contribution < -0.4 is 4.90 Å². The van der Waals surface area contributed by atoms with Crippen molar-refractivity contribution in [2.45, 2.75) is 19.3 Å². The van der Waals surface area contributed by atoms with Crippen LogP contribution in [-0.2, 0) is 0 Å². The molecule has 0 aromatic carbocycles. The quantitative estimate of drug-likeness (QED) is 0.814. The van der Waals surface area contributed by atoms with Crippen molar-refractivity contribution < 1.29 is 4.90 Å². The molecule has 3 rings (SSSR count). The molecule has 0 spiro atoms. The second kappa shape index (κ2) is 6.81. The SMILES string of the molecule is CCC[NH+]1CC=C2C(C#N)C(=N)C(C#N)(C#N)[C@@H](c3cccs3)[C@@H]2C1. The monoisotopic (exact) mass is 350 g/mol. The van der Waals surface area contributed by atoms with Gasteiger partial charge in [-0.1, -0.05) is 13.0 Å². The second-order valence-corrected chi connectivity index (χ2v) is 7.70. The summed E-state index contributed by atoms with van der Waals surface area (Å²) >= 11 is 1.53. The van der Waals surface area contributed by atoms with Gasteiger partial charge in [0, 0.05) is 16.7 Å². The van der Waals surface area contributed by atoms with Crippen molar-refractivity contribution in [1.29, 1.82) is 21.2 Å². The third kappa shape index (κ3) is 2.57. The van der Waals surface area contributed by atoms with Crippen LogP contribution in [0.2, 0.25) is 0 Å². The largest absolute Gasteiger partial charge is 0.331 e. The van der Waals surface area contributed by atoms with Gasteiger partial charge < -0.3 is 10.3 Å². The average molecular weight is 350 g/mol. The first-order chi connectivity index (χ1) is 12.1. The van der Waals surface area contributed by atoms with Gasteiger partial charge in [0.25, 0.3) is 0 Å². The summed E-state index contributed by atoms with van der Waals surface area (Å²) in [7, 11) is 0. The zero-order valence-electron chi connectivity index (χ0n) is 14.1. The molecule has 126 valence electrons. The van der Waals surface area contributed by atoms with Crippen LogP contribution in [0.4, 0.5) is 0 Å². The van der Waals surface area contributed by atoms with Gasteiger partial charge in [0.15, 0.2) is 5.41 Å². The molecular weight excluding hydrogens is 330 g/mol. The fraction of sp³-hybridized carbons (Fsp3) is 0.474. The maximum absolute atomic E-state index is 9.91. The number of quaternary nitrogens is 1. The lowest BCUT2D eigenvalue weighted by Crippen LogP contribution is -3.13. The topological polar surface area (TPSA) is 99.7 Å². The first kappa shape index (κ1) is 17.4. The fourth-order valence-electron chi connectivity index (χ4n) is 4.29. The minimum Gasteiger partial charge on any atom is -0.331 e. The first-order valence-corrected chi connectivity index (χ1v) is 9.38. The van der Waals surface area contributed by atoms with Crippen LogP contribution in [0.3, 0.4) is 0 Å². The Morgan fingerprint density at radius 1 is 1.36 bits per heavy atom. The van der Waals surface area contributed by atoms with Gasteiger partial charge in [0.05, 0.1) is 43.6 Å². The van der Waals surface area contributed by atoms with Crippen molar-refractivity contribution in [3.63, 3.8) is 0 Å². The number of rotatable bonds is 3. The van der Waals surface area contributed by atoms with E-state index < -0.39 is 11.3 Å². The highest BCUT2D eigenvalue weighted by Gasteiger charge is 2.58. The molecular formula is C19H20N5S+. The van der Waals surface area contributed by atoms with Gasteiger partial charge in [-0.15, -0.1) is 11.3 Å². The van der Waals surface area contributed by atoms with E-state index in [1.807, 2.05) is 17.5 Å². The molecule has 1 aliphatic carbocycles. The lowest BCUT2D eigenvalue weighted by atomic mass is 9.55. The molecule has 1 saturated carbocycles. The van der Waals surface area contributed by atoms with Crippen LogP contribution in [0.5, 0.6) is 0 Å². The van der Waals surface area contributed by atoms with Crippen LogP contribution in [-0.4, -0.2) is 25.3 Å². The molecule has 1 aliphatic heterocycles. The van der Waals surface area contributed by atoms with Crippen molar-refractivity contribution in [3.05, 3.63) is 34.0 Å². The summed E-state index contributed by atoms with van der Waals surface area (Å²) in [5.74, 6) is -1.19. The maximum Gasteiger partial charge on any atom is 0.190 e. The Morgan fingerprint density at radius 3 is 2.68 bits per heavy atom. The van der Waals surface area contributed by atoms with Gasteiger partial charge in [0.2, 0.25) is 0 Å². The summed E-state index contributed by atoms with van der Waals surface area (Å²) < 4.78 is 0. The van der Waals surface area contributed by atoms with Crippen LogP contribution >= 0.6 is 11.3 Å². The molecule has 1 aromatic rings.